The van der Waals surface area contributed by atoms with Gasteiger partial charge in [-0.1, -0.05) is 11.6 Å². The van der Waals surface area contributed by atoms with Gasteiger partial charge in [0.05, 0.1) is 0 Å². The molecule has 102 valence electrons. The van der Waals surface area contributed by atoms with E-state index >= 15 is 0 Å². The smallest absolute Gasteiger partial charge is 0.158 e. The third-order valence-corrected chi connectivity index (χ3v) is 2.86. The number of rotatable bonds is 7. The van der Waals surface area contributed by atoms with Gasteiger partial charge in [0.1, 0.15) is 17.6 Å². The molecule has 0 bridgehead atoms. The van der Waals surface area contributed by atoms with Crippen molar-refractivity contribution in [2.75, 3.05) is 32.6 Å². The zero-order chi connectivity index (χ0) is 13.5. The predicted octanol–water partition coefficient (Wildman–Crippen LogP) is 2.03. The summed E-state index contributed by atoms with van der Waals surface area (Å²) in [5.41, 5.74) is 0. The van der Waals surface area contributed by atoms with Gasteiger partial charge in [0.15, 0.2) is 5.82 Å². The topological polar surface area (TPSA) is 50.3 Å². The molecule has 0 saturated heterocycles. The number of ether oxygens (including phenoxy) is 1. The van der Waals surface area contributed by atoms with E-state index in [2.05, 4.69) is 41.1 Å². The summed E-state index contributed by atoms with van der Waals surface area (Å²) in [4.78, 5) is 10.6. The number of anilines is 1. The Hall–Kier alpha value is -0.910. The lowest BCUT2D eigenvalue weighted by Gasteiger charge is -2.21. The molecule has 0 aliphatic heterocycles. The van der Waals surface area contributed by atoms with Crippen LogP contribution in [0.4, 0.5) is 5.82 Å². The van der Waals surface area contributed by atoms with Gasteiger partial charge < -0.3 is 15.0 Å². The first-order valence-electron chi connectivity index (χ1n) is 5.99. The fraction of sp³-hybridized carbons (Fsp3) is 0.667. The third kappa shape index (κ3) is 5.16. The van der Waals surface area contributed by atoms with E-state index < -0.39 is 0 Å². The maximum atomic E-state index is 5.92. The summed E-state index contributed by atoms with van der Waals surface area (Å²) in [5, 5.41) is 3.66. The van der Waals surface area contributed by atoms with Gasteiger partial charge in [-0.3, -0.25) is 0 Å². The Labute approximate surface area is 114 Å². The average Bonchev–Trinajstić information content (AvgIpc) is 2.28. The number of nitrogens with zero attached hydrogens (tertiary/aromatic N) is 3. The maximum Gasteiger partial charge on any atom is 0.158 e. The molecule has 0 aliphatic carbocycles. The van der Waals surface area contributed by atoms with Gasteiger partial charge in [-0.2, -0.15) is 0 Å². The minimum absolute atomic E-state index is 0.362. The van der Waals surface area contributed by atoms with Crippen LogP contribution in [0.5, 0.6) is 0 Å². The summed E-state index contributed by atoms with van der Waals surface area (Å²) < 4.78 is 4.99. The van der Waals surface area contributed by atoms with Crippen molar-refractivity contribution in [3.63, 3.8) is 0 Å². The highest BCUT2D eigenvalue weighted by Gasteiger charge is 2.05. The number of aromatic nitrogens is 2. The molecular formula is C12H21ClN4O. The number of nitrogens with one attached hydrogen (secondary N) is 1. The fourth-order valence-corrected chi connectivity index (χ4v) is 1.57. The maximum absolute atomic E-state index is 5.92. The van der Waals surface area contributed by atoms with Gasteiger partial charge in [-0.25, -0.2) is 9.97 Å². The van der Waals surface area contributed by atoms with Gasteiger partial charge in [0, 0.05) is 32.3 Å². The van der Waals surface area contributed by atoms with E-state index in [-0.39, 0.29) is 0 Å². The molecule has 1 rings (SSSR count). The number of hydrogen-bond donors (Lipinski definition) is 1. The van der Waals surface area contributed by atoms with Crippen LogP contribution in [0, 0.1) is 0 Å². The SMILES string of the molecule is COCc1nc(Cl)cc(NCCN(C)C(C)C)n1. The molecule has 0 radical (unpaired) electrons. The van der Waals surface area contributed by atoms with Crippen LogP contribution in [-0.4, -0.2) is 48.2 Å². The van der Waals surface area contributed by atoms with Crippen molar-refractivity contribution < 1.29 is 4.74 Å². The summed E-state index contributed by atoms with van der Waals surface area (Å²) in [7, 11) is 3.70. The molecule has 0 amide bonds. The molecule has 1 aromatic rings. The number of methoxy groups -OCH3 is 1. The highest BCUT2D eigenvalue weighted by atomic mass is 35.5. The lowest BCUT2D eigenvalue weighted by atomic mass is 10.3. The molecule has 6 heteroatoms. The van der Waals surface area contributed by atoms with Crippen molar-refractivity contribution in [3.05, 3.63) is 17.0 Å². The standard InChI is InChI=1S/C12H21ClN4O/c1-9(2)17(3)6-5-14-11-7-10(13)15-12(16-11)8-18-4/h7,9H,5-6,8H2,1-4H3,(H,14,15,16). The summed E-state index contributed by atoms with van der Waals surface area (Å²) in [5.74, 6) is 1.32. The molecule has 18 heavy (non-hydrogen) atoms. The summed E-state index contributed by atoms with van der Waals surface area (Å²) in [6.07, 6.45) is 0. The van der Waals surface area contributed by atoms with Crippen molar-refractivity contribution in [2.45, 2.75) is 26.5 Å². The molecule has 5 nitrogen and oxygen atoms in total. The van der Waals surface area contributed by atoms with Crippen molar-refractivity contribution >= 4 is 17.4 Å². The predicted molar refractivity (Wildman–Crippen MR) is 74.0 cm³/mol. The molecular weight excluding hydrogens is 252 g/mol. The number of likely N-dealkylation sites (N-methyl/N-ethyl adjacent to an activating group) is 1. The van der Waals surface area contributed by atoms with Crippen molar-refractivity contribution in [3.8, 4) is 0 Å². The second-order valence-corrected chi connectivity index (χ2v) is 4.81. The zero-order valence-electron chi connectivity index (χ0n) is 11.4. The lowest BCUT2D eigenvalue weighted by molar-refractivity contribution is 0.178. The number of halogens is 1. The molecule has 0 fully saturated rings. The van der Waals surface area contributed by atoms with E-state index in [1.807, 2.05) is 0 Å². The second-order valence-electron chi connectivity index (χ2n) is 4.43. The zero-order valence-corrected chi connectivity index (χ0v) is 12.2. The van der Waals surface area contributed by atoms with Gasteiger partial charge >= 0.3 is 0 Å². The van der Waals surface area contributed by atoms with Gasteiger partial charge in [0.2, 0.25) is 0 Å². The molecule has 0 unspecified atom stereocenters. The third-order valence-electron chi connectivity index (χ3n) is 2.67. The van der Waals surface area contributed by atoms with Crippen molar-refractivity contribution in [2.24, 2.45) is 0 Å². The molecule has 0 spiro atoms. The second kappa shape index (κ2) is 7.51. The van der Waals surface area contributed by atoms with E-state index in [0.717, 1.165) is 18.9 Å². The Balaban J connectivity index is 2.51. The molecule has 1 heterocycles. The van der Waals surface area contributed by atoms with E-state index in [9.17, 15) is 0 Å². The van der Waals surface area contributed by atoms with E-state index in [1.165, 1.54) is 0 Å². The largest absolute Gasteiger partial charge is 0.377 e. The molecule has 0 saturated carbocycles. The fourth-order valence-electron chi connectivity index (χ4n) is 1.37. The van der Waals surface area contributed by atoms with Gasteiger partial charge in [0.25, 0.3) is 0 Å². The van der Waals surface area contributed by atoms with Crippen molar-refractivity contribution in [1.82, 2.24) is 14.9 Å². The first-order chi connectivity index (χ1) is 8.52. The Morgan fingerprint density at radius 2 is 2.17 bits per heavy atom. The first-order valence-corrected chi connectivity index (χ1v) is 6.37. The van der Waals surface area contributed by atoms with Gasteiger partial charge in [-0.15, -0.1) is 0 Å². The van der Waals surface area contributed by atoms with Crippen LogP contribution in [0.1, 0.15) is 19.7 Å². The number of hydrogen-bond acceptors (Lipinski definition) is 5. The summed E-state index contributed by atoms with van der Waals surface area (Å²) in [6.45, 7) is 6.45. The highest BCUT2D eigenvalue weighted by Crippen LogP contribution is 2.11. The van der Waals surface area contributed by atoms with Crippen LogP contribution < -0.4 is 5.32 Å². The quantitative estimate of drug-likeness (QED) is 0.770. The molecule has 0 aromatic carbocycles. The van der Waals surface area contributed by atoms with Crippen LogP contribution >= 0.6 is 11.6 Å². The Morgan fingerprint density at radius 3 is 2.78 bits per heavy atom. The molecule has 1 N–H and O–H groups in total. The summed E-state index contributed by atoms with van der Waals surface area (Å²) >= 11 is 5.92. The Morgan fingerprint density at radius 1 is 1.44 bits per heavy atom. The molecule has 0 atom stereocenters. The van der Waals surface area contributed by atoms with E-state index in [0.29, 0.717) is 23.6 Å². The van der Waals surface area contributed by atoms with Crippen LogP contribution in [0.2, 0.25) is 5.15 Å². The van der Waals surface area contributed by atoms with E-state index in [4.69, 9.17) is 16.3 Å². The lowest BCUT2D eigenvalue weighted by Crippen LogP contribution is -2.31. The monoisotopic (exact) mass is 272 g/mol. The van der Waals surface area contributed by atoms with Crippen LogP contribution in [0.15, 0.2) is 6.07 Å². The Kier molecular flexibility index (Phi) is 6.32. The minimum atomic E-state index is 0.362. The van der Waals surface area contributed by atoms with E-state index in [1.54, 1.807) is 13.2 Å². The van der Waals surface area contributed by atoms with Crippen LogP contribution in [0.25, 0.3) is 0 Å². The van der Waals surface area contributed by atoms with Crippen LogP contribution in [-0.2, 0) is 11.3 Å². The molecule has 1 aromatic heterocycles. The minimum Gasteiger partial charge on any atom is -0.377 e. The van der Waals surface area contributed by atoms with Gasteiger partial charge in [-0.05, 0) is 20.9 Å². The highest BCUT2D eigenvalue weighted by molar-refractivity contribution is 6.29. The normalized spacial score (nSPS) is 11.3. The Bertz CT molecular complexity index is 373. The van der Waals surface area contributed by atoms with Crippen molar-refractivity contribution in [1.29, 1.82) is 0 Å². The average molecular weight is 273 g/mol. The van der Waals surface area contributed by atoms with Crippen LogP contribution in [0.3, 0.4) is 0 Å². The molecule has 0 aliphatic rings. The first kappa shape index (κ1) is 15.1. The summed E-state index contributed by atoms with van der Waals surface area (Å²) in [6, 6.07) is 2.25.